The quantitative estimate of drug-likeness (QED) is 0.484. The van der Waals surface area contributed by atoms with Crippen molar-refractivity contribution in [1.29, 1.82) is 0 Å². The first-order valence-corrected chi connectivity index (χ1v) is 10.6. The van der Waals surface area contributed by atoms with Gasteiger partial charge in [0, 0.05) is 33.3 Å². The predicted molar refractivity (Wildman–Crippen MR) is 120 cm³/mol. The van der Waals surface area contributed by atoms with Crippen molar-refractivity contribution in [3.63, 3.8) is 0 Å². The number of rotatable bonds is 6. The fraction of sp³-hybridized carbons (Fsp3) is 0.167. The maximum Gasteiger partial charge on any atom is 0.336 e. The van der Waals surface area contributed by atoms with Gasteiger partial charge >= 0.3 is 5.97 Å². The van der Waals surface area contributed by atoms with Gasteiger partial charge in [-0.05, 0) is 54.4 Å². The summed E-state index contributed by atoms with van der Waals surface area (Å²) in [5, 5.41) is 10.2. The number of carbonyl (C=O) groups is 2. The molecule has 3 aromatic rings. The summed E-state index contributed by atoms with van der Waals surface area (Å²) in [5.41, 5.74) is 2.30. The molecule has 1 amide bonds. The second-order valence-corrected chi connectivity index (χ2v) is 8.24. The summed E-state index contributed by atoms with van der Waals surface area (Å²) < 4.78 is 20.0. The highest BCUT2D eigenvalue weighted by Gasteiger charge is 2.28. The molecule has 5 nitrogen and oxygen atoms in total. The maximum atomic E-state index is 14.1. The third-order valence-corrected chi connectivity index (χ3v) is 5.78. The van der Waals surface area contributed by atoms with Gasteiger partial charge in [-0.3, -0.25) is 4.79 Å². The molecule has 4 rings (SSSR count). The number of carboxylic acids is 1. The van der Waals surface area contributed by atoms with E-state index in [1.54, 1.807) is 42.5 Å². The molecule has 1 heterocycles. The predicted octanol–water partition coefficient (Wildman–Crippen LogP) is 5.89. The lowest BCUT2D eigenvalue weighted by molar-refractivity contribution is -0.119. The lowest BCUT2D eigenvalue weighted by Crippen LogP contribution is -2.35. The number of fused-ring (bicyclic) bond motifs is 1. The van der Waals surface area contributed by atoms with E-state index in [1.165, 1.54) is 17.0 Å². The van der Waals surface area contributed by atoms with E-state index in [0.717, 1.165) is 0 Å². The van der Waals surface area contributed by atoms with Crippen molar-refractivity contribution < 1.29 is 23.8 Å². The van der Waals surface area contributed by atoms with Crippen LogP contribution >= 0.6 is 23.2 Å². The number of carbonyl (C=O) groups excluding carboxylic acids is 1. The first-order chi connectivity index (χ1) is 15.3. The van der Waals surface area contributed by atoms with E-state index in [9.17, 15) is 19.1 Å². The van der Waals surface area contributed by atoms with E-state index in [2.05, 4.69) is 0 Å². The first kappa shape index (κ1) is 22.1. The Balaban J connectivity index is 1.64. The molecular weight excluding hydrogens is 456 g/mol. The fourth-order valence-corrected chi connectivity index (χ4v) is 4.10. The molecule has 0 saturated carbocycles. The van der Waals surface area contributed by atoms with Crippen LogP contribution in [-0.4, -0.2) is 17.0 Å². The van der Waals surface area contributed by atoms with Gasteiger partial charge in [0.2, 0.25) is 5.91 Å². The highest BCUT2D eigenvalue weighted by molar-refractivity contribution is 6.30. The number of halogens is 3. The molecule has 32 heavy (non-hydrogen) atoms. The normalized spacial score (nSPS) is 13.1. The smallest absolute Gasteiger partial charge is 0.336 e. The Labute approximate surface area is 193 Å². The molecule has 0 aliphatic carbocycles. The Kier molecular flexibility index (Phi) is 6.35. The lowest BCUT2D eigenvalue weighted by atomic mass is 9.95. The number of anilines is 1. The molecule has 0 radical (unpaired) electrons. The van der Waals surface area contributed by atoms with Crippen molar-refractivity contribution in [2.24, 2.45) is 0 Å². The molecule has 1 N–H and O–H groups in total. The van der Waals surface area contributed by atoms with Crippen LogP contribution in [0.1, 0.15) is 33.5 Å². The van der Waals surface area contributed by atoms with Gasteiger partial charge in [-0.1, -0.05) is 35.3 Å². The first-order valence-electron chi connectivity index (χ1n) is 9.84. The molecule has 0 bridgehead atoms. The molecule has 0 unspecified atom stereocenters. The summed E-state index contributed by atoms with van der Waals surface area (Å²) in [4.78, 5) is 25.9. The van der Waals surface area contributed by atoms with Crippen LogP contribution in [0, 0.1) is 5.82 Å². The average Bonchev–Trinajstić information content (AvgIpc) is 2.75. The van der Waals surface area contributed by atoms with Gasteiger partial charge < -0.3 is 14.7 Å². The number of hydrogen-bond acceptors (Lipinski definition) is 3. The Morgan fingerprint density at radius 2 is 1.78 bits per heavy atom. The van der Waals surface area contributed by atoms with Crippen molar-refractivity contribution in [1.82, 2.24) is 0 Å². The molecule has 1 aliphatic rings. The third kappa shape index (κ3) is 4.56. The zero-order chi connectivity index (χ0) is 22.8. The van der Waals surface area contributed by atoms with Crippen molar-refractivity contribution in [3.05, 3.63) is 92.7 Å². The van der Waals surface area contributed by atoms with Gasteiger partial charge in [0.25, 0.3) is 0 Å². The number of aromatic carboxylic acids is 1. The number of nitrogens with zero attached hydrogens (tertiary/aromatic N) is 1. The molecule has 1 aliphatic heterocycles. The van der Waals surface area contributed by atoms with Gasteiger partial charge in [0.15, 0.2) is 0 Å². The summed E-state index contributed by atoms with van der Waals surface area (Å²) in [6.45, 7) is 0.0965. The molecular formula is C24H18Cl2FNO4. The van der Waals surface area contributed by atoms with Crippen LogP contribution in [0.4, 0.5) is 10.1 Å². The number of ether oxygens (including phenoxy) is 1. The van der Waals surface area contributed by atoms with Crippen LogP contribution in [0.3, 0.4) is 0 Å². The minimum absolute atomic E-state index is 0.0364. The monoisotopic (exact) mass is 473 g/mol. The summed E-state index contributed by atoms with van der Waals surface area (Å²) in [6, 6.07) is 14.2. The van der Waals surface area contributed by atoms with Crippen molar-refractivity contribution in [2.75, 3.05) is 4.90 Å². The highest BCUT2D eigenvalue weighted by atomic mass is 35.5. The minimum atomic E-state index is -1.03. The number of hydrogen-bond donors (Lipinski definition) is 1. The van der Waals surface area contributed by atoms with E-state index in [0.29, 0.717) is 44.6 Å². The van der Waals surface area contributed by atoms with Gasteiger partial charge in [-0.2, -0.15) is 0 Å². The molecule has 0 fully saturated rings. The van der Waals surface area contributed by atoms with E-state index < -0.39 is 11.8 Å². The van der Waals surface area contributed by atoms with Gasteiger partial charge in [0.1, 0.15) is 18.2 Å². The molecule has 8 heteroatoms. The Morgan fingerprint density at radius 1 is 1.03 bits per heavy atom. The summed E-state index contributed by atoms with van der Waals surface area (Å²) in [6.07, 6.45) is 0.561. The number of benzene rings is 3. The number of amides is 1. The largest absolute Gasteiger partial charge is 0.488 e. The molecule has 0 aromatic heterocycles. The van der Waals surface area contributed by atoms with Crippen LogP contribution in [0.5, 0.6) is 5.75 Å². The van der Waals surface area contributed by atoms with Crippen molar-refractivity contribution in [2.45, 2.75) is 26.0 Å². The average molecular weight is 474 g/mol. The molecule has 3 aromatic carbocycles. The van der Waals surface area contributed by atoms with Crippen LogP contribution < -0.4 is 9.64 Å². The van der Waals surface area contributed by atoms with E-state index in [1.807, 2.05) is 0 Å². The molecule has 0 spiro atoms. The zero-order valence-electron chi connectivity index (χ0n) is 16.8. The van der Waals surface area contributed by atoms with Crippen molar-refractivity contribution >= 4 is 40.8 Å². The minimum Gasteiger partial charge on any atom is -0.488 e. The van der Waals surface area contributed by atoms with E-state index in [-0.39, 0.29) is 31.0 Å². The molecule has 164 valence electrons. The van der Waals surface area contributed by atoms with Crippen LogP contribution in [-0.2, 0) is 24.4 Å². The van der Waals surface area contributed by atoms with E-state index >= 15 is 0 Å². The Hall–Kier alpha value is -3.09. The van der Waals surface area contributed by atoms with Crippen LogP contribution in [0.2, 0.25) is 10.0 Å². The second kappa shape index (κ2) is 9.18. The van der Waals surface area contributed by atoms with Crippen molar-refractivity contribution in [3.8, 4) is 5.75 Å². The summed E-state index contributed by atoms with van der Waals surface area (Å²) in [7, 11) is 0. The lowest BCUT2D eigenvalue weighted by Gasteiger charge is -2.31. The summed E-state index contributed by atoms with van der Waals surface area (Å²) in [5.74, 6) is -1.20. The van der Waals surface area contributed by atoms with Gasteiger partial charge in [-0.25, -0.2) is 9.18 Å². The van der Waals surface area contributed by atoms with Gasteiger partial charge in [0.05, 0.1) is 12.1 Å². The Bertz CT molecular complexity index is 1210. The highest BCUT2D eigenvalue weighted by Crippen LogP contribution is 2.34. The van der Waals surface area contributed by atoms with Crippen LogP contribution in [0.15, 0.2) is 54.6 Å². The second-order valence-electron chi connectivity index (χ2n) is 7.36. The number of carboxylic acid groups (broad SMARTS) is 1. The molecule has 0 saturated heterocycles. The SMILES string of the molecule is O=C(O)c1cccc2c1CCC(=O)N2Cc1cc(Cl)ccc1OCc1ccc(Cl)cc1F. The third-order valence-electron chi connectivity index (χ3n) is 5.31. The van der Waals surface area contributed by atoms with E-state index in [4.69, 9.17) is 27.9 Å². The molecule has 0 atom stereocenters. The topological polar surface area (TPSA) is 66.8 Å². The van der Waals surface area contributed by atoms with Gasteiger partial charge in [-0.15, -0.1) is 0 Å². The maximum absolute atomic E-state index is 14.1. The zero-order valence-corrected chi connectivity index (χ0v) is 18.3. The van der Waals surface area contributed by atoms with Crippen LogP contribution in [0.25, 0.3) is 0 Å². The standard InChI is InChI=1S/C24H18Cl2FNO4/c25-16-6-8-22(32-13-14-4-5-17(26)11-20(14)27)15(10-16)12-28-21-3-1-2-19(24(30)31)18(21)7-9-23(28)29/h1-6,8,10-11H,7,9,12-13H2,(H,30,31). The Morgan fingerprint density at radius 3 is 2.53 bits per heavy atom. The fourth-order valence-electron chi connectivity index (χ4n) is 3.74. The summed E-state index contributed by atoms with van der Waals surface area (Å²) >= 11 is 12.0.